The summed E-state index contributed by atoms with van der Waals surface area (Å²) in [5, 5.41) is 14.0. The molecule has 0 radical (unpaired) electrons. The maximum Gasteiger partial charge on any atom is 0.179 e. The maximum atomic E-state index is 9.03. The van der Waals surface area contributed by atoms with Gasteiger partial charge in [0.1, 0.15) is 28.1 Å². The molecule has 0 saturated heterocycles. The third-order valence-corrected chi connectivity index (χ3v) is 11.4. The lowest BCUT2D eigenvalue weighted by molar-refractivity contribution is 0.605. The van der Waals surface area contributed by atoms with Gasteiger partial charge in [0.25, 0.3) is 0 Å². The second kappa shape index (κ2) is 13.3. The van der Waals surface area contributed by atoms with Crippen LogP contribution in [0, 0.1) is 5.41 Å². The van der Waals surface area contributed by atoms with E-state index in [1.54, 1.807) is 11.3 Å². The van der Waals surface area contributed by atoms with Crippen LogP contribution in [0.15, 0.2) is 178 Å². The van der Waals surface area contributed by atoms with Gasteiger partial charge in [0.05, 0.1) is 0 Å². The van der Waals surface area contributed by atoms with Gasteiger partial charge in [-0.25, -0.2) is 15.0 Å². The van der Waals surface area contributed by atoms with Crippen molar-refractivity contribution in [1.82, 2.24) is 15.0 Å². The summed E-state index contributed by atoms with van der Waals surface area (Å²) in [6.45, 7) is 0. The van der Waals surface area contributed by atoms with E-state index in [0.29, 0.717) is 34.5 Å². The molecule has 7 aromatic carbocycles. The number of fused-ring (bicyclic) bond motifs is 7. The Morgan fingerprint density at radius 1 is 0.526 bits per heavy atom. The third kappa shape index (κ3) is 5.61. The molecule has 0 aliphatic rings. The zero-order valence-corrected chi connectivity index (χ0v) is 31.0. The molecule has 0 bridgehead atoms. The standard InChI is InChI=1S/C49H29N5O2S/c50-44(30-13-3-1-4-14-30)46-45(33-18-8-10-22-38(33)56-46)51-28-29-25-26-40-36(27-29)43-35(20-12-24-41(43)57-40)49-53-47(31-15-5-2-6-16-31)52-48(54-49)34-19-11-23-39-42(34)32-17-7-9-21-37(32)55-39/h1-28,50H/b50-44?,51-28+. The molecule has 0 spiro atoms. The number of thiophene rings is 1. The van der Waals surface area contributed by atoms with Crippen molar-refractivity contribution in [2.45, 2.75) is 0 Å². The number of benzene rings is 7. The van der Waals surface area contributed by atoms with E-state index in [1.807, 2.05) is 121 Å². The highest BCUT2D eigenvalue weighted by atomic mass is 32.1. The summed E-state index contributed by atoms with van der Waals surface area (Å²) in [5.74, 6) is 2.18. The molecule has 268 valence electrons. The lowest BCUT2D eigenvalue weighted by Crippen LogP contribution is -2.00. The molecule has 57 heavy (non-hydrogen) atoms. The summed E-state index contributed by atoms with van der Waals surface area (Å²) in [6.07, 6.45) is 1.86. The largest absolute Gasteiger partial charge is 0.456 e. The van der Waals surface area contributed by atoms with E-state index >= 15 is 0 Å². The van der Waals surface area contributed by atoms with Crippen LogP contribution in [0.3, 0.4) is 0 Å². The Labute approximate surface area is 329 Å². The first-order chi connectivity index (χ1) is 28.2. The van der Waals surface area contributed by atoms with Crippen molar-refractivity contribution in [3.63, 3.8) is 0 Å². The fourth-order valence-corrected chi connectivity index (χ4v) is 8.72. The van der Waals surface area contributed by atoms with Gasteiger partial charge in [-0.15, -0.1) is 11.3 Å². The molecule has 0 amide bonds. The average Bonchev–Trinajstić information content (AvgIpc) is 3.97. The summed E-state index contributed by atoms with van der Waals surface area (Å²) in [6, 6.07) is 54.2. The summed E-state index contributed by atoms with van der Waals surface area (Å²) in [4.78, 5) is 20.5. The summed E-state index contributed by atoms with van der Waals surface area (Å²) in [7, 11) is 0. The van der Waals surface area contributed by atoms with Gasteiger partial charge in [0, 0.05) is 64.8 Å². The van der Waals surface area contributed by atoms with Crippen LogP contribution in [0.2, 0.25) is 0 Å². The van der Waals surface area contributed by atoms with E-state index in [0.717, 1.165) is 75.3 Å². The van der Waals surface area contributed by atoms with Gasteiger partial charge in [-0.05, 0) is 48.0 Å². The first-order valence-corrected chi connectivity index (χ1v) is 19.4. The molecule has 4 heterocycles. The van der Waals surface area contributed by atoms with E-state index in [2.05, 4.69) is 48.5 Å². The van der Waals surface area contributed by atoms with Crippen LogP contribution in [-0.4, -0.2) is 26.9 Å². The van der Waals surface area contributed by atoms with E-state index in [9.17, 15) is 0 Å². The van der Waals surface area contributed by atoms with Crippen molar-refractivity contribution in [2.75, 3.05) is 0 Å². The Morgan fingerprint density at radius 2 is 1.16 bits per heavy atom. The number of para-hydroxylation sites is 2. The molecular formula is C49H29N5O2S. The quantitative estimate of drug-likeness (QED) is 0.163. The average molecular weight is 752 g/mol. The number of nitrogens with one attached hydrogen (secondary N) is 1. The topological polar surface area (TPSA) is 101 Å². The maximum absolute atomic E-state index is 9.03. The number of hydrogen-bond acceptors (Lipinski definition) is 8. The van der Waals surface area contributed by atoms with Crippen LogP contribution >= 0.6 is 11.3 Å². The van der Waals surface area contributed by atoms with Gasteiger partial charge < -0.3 is 8.83 Å². The number of rotatable bonds is 7. The Kier molecular flexibility index (Phi) is 7.68. The van der Waals surface area contributed by atoms with Gasteiger partial charge in [0.15, 0.2) is 23.2 Å². The number of furan rings is 2. The minimum absolute atomic E-state index is 0.284. The molecule has 0 saturated carbocycles. The lowest BCUT2D eigenvalue weighted by atomic mass is 10.0. The van der Waals surface area contributed by atoms with Crippen molar-refractivity contribution in [3.05, 3.63) is 181 Å². The van der Waals surface area contributed by atoms with Crippen LogP contribution in [0.1, 0.15) is 16.9 Å². The highest BCUT2D eigenvalue weighted by Gasteiger charge is 2.21. The van der Waals surface area contributed by atoms with Crippen LogP contribution < -0.4 is 0 Å². The predicted molar refractivity (Wildman–Crippen MR) is 232 cm³/mol. The van der Waals surface area contributed by atoms with E-state index in [4.69, 9.17) is 34.2 Å². The van der Waals surface area contributed by atoms with Gasteiger partial charge in [-0.3, -0.25) is 10.4 Å². The Balaban J connectivity index is 1.07. The van der Waals surface area contributed by atoms with Gasteiger partial charge in [-0.2, -0.15) is 0 Å². The smallest absolute Gasteiger partial charge is 0.179 e. The molecule has 0 aliphatic carbocycles. The van der Waals surface area contributed by atoms with Crippen molar-refractivity contribution < 1.29 is 8.83 Å². The number of hydrogen-bond donors (Lipinski definition) is 1. The molecule has 1 N–H and O–H groups in total. The molecule has 7 nitrogen and oxygen atoms in total. The highest BCUT2D eigenvalue weighted by molar-refractivity contribution is 7.26. The van der Waals surface area contributed by atoms with Crippen LogP contribution in [0.4, 0.5) is 5.69 Å². The van der Waals surface area contributed by atoms with Crippen LogP contribution in [-0.2, 0) is 0 Å². The molecule has 0 unspecified atom stereocenters. The lowest BCUT2D eigenvalue weighted by Gasteiger charge is -2.10. The first kappa shape index (κ1) is 32.8. The second-order valence-electron chi connectivity index (χ2n) is 13.8. The third-order valence-electron chi connectivity index (χ3n) is 10.3. The van der Waals surface area contributed by atoms with Gasteiger partial charge in [0.2, 0.25) is 0 Å². The minimum Gasteiger partial charge on any atom is -0.456 e. The summed E-state index contributed by atoms with van der Waals surface area (Å²) >= 11 is 1.74. The van der Waals surface area contributed by atoms with Crippen molar-refractivity contribution in [3.8, 4) is 34.2 Å². The number of nitrogens with zero attached hydrogens (tertiary/aromatic N) is 4. The molecule has 8 heteroatoms. The Bertz CT molecular complexity index is 3380. The SMILES string of the molecule is N=C(c1ccccc1)c1oc2ccccc2c1/N=C/c1ccc2sc3cccc(-c4nc(-c5ccccc5)nc(-c5cccc6oc7ccccc7c56)n4)c3c2c1. The fraction of sp³-hybridized carbons (Fsp3) is 0. The highest BCUT2D eigenvalue weighted by Crippen LogP contribution is 2.42. The van der Waals surface area contributed by atoms with Crippen LogP contribution in [0.25, 0.3) is 87.2 Å². The minimum atomic E-state index is 0.284. The Morgan fingerprint density at radius 3 is 1.95 bits per heavy atom. The van der Waals surface area contributed by atoms with Gasteiger partial charge >= 0.3 is 0 Å². The van der Waals surface area contributed by atoms with E-state index in [-0.39, 0.29) is 5.71 Å². The van der Waals surface area contributed by atoms with E-state index in [1.165, 1.54) is 0 Å². The molecule has 0 aliphatic heterocycles. The van der Waals surface area contributed by atoms with Crippen molar-refractivity contribution in [1.29, 1.82) is 5.41 Å². The first-order valence-electron chi connectivity index (χ1n) is 18.5. The van der Waals surface area contributed by atoms with Crippen LogP contribution in [0.5, 0.6) is 0 Å². The second-order valence-corrected chi connectivity index (χ2v) is 14.8. The zero-order valence-electron chi connectivity index (χ0n) is 30.2. The predicted octanol–water partition coefficient (Wildman–Crippen LogP) is 13.1. The Hall–Kier alpha value is -7.55. The number of aliphatic imine (C=N–C) groups is 1. The van der Waals surface area contributed by atoms with Crippen molar-refractivity contribution >= 4 is 82.0 Å². The van der Waals surface area contributed by atoms with Gasteiger partial charge in [-0.1, -0.05) is 121 Å². The molecule has 4 aromatic heterocycles. The zero-order chi connectivity index (χ0) is 37.9. The molecule has 0 atom stereocenters. The number of aromatic nitrogens is 3. The van der Waals surface area contributed by atoms with E-state index < -0.39 is 0 Å². The summed E-state index contributed by atoms with van der Waals surface area (Å²) < 4.78 is 14.8. The van der Waals surface area contributed by atoms with Crippen molar-refractivity contribution in [2.24, 2.45) is 4.99 Å². The molecule has 11 aromatic rings. The summed E-state index contributed by atoms with van der Waals surface area (Å²) in [5.41, 5.74) is 7.57. The molecular weight excluding hydrogens is 723 g/mol. The molecule has 0 fully saturated rings. The molecule has 11 rings (SSSR count). The monoisotopic (exact) mass is 751 g/mol. The fourth-order valence-electron chi connectivity index (χ4n) is 7.61. The normalized spacial score (nSPS) is 11.9.